The Morgan fingerprint density at radius 3 is 2.17 bits per heavy atom. The standard InChI is InChI=1S/C46H75N10O14PS/c1-30(2)24-35(52-46(64)38-15-11-19-56(38)39(58)16-20-68-22-23-69-21-17-50-42(60)34(47)28-72)43(61)51-36(25-33-26-49-29-55(33)18-10-5-4-7-12-32-13-8-6-9-14-32)44(62)53-37(27-57)45(63)54-40(41(48)59)31(3)70-71(65,66)67/h6,8-9,13-14,26,29-31,34-38,40,57,72H,4-5,7,10-12,15-25,27-28,47H2,1-3H3,(H2,48,59)(H,50,60)(H,51,61)(H,52,64)(H,53,62)(H,54,63)(H2,65,66,67)/t31-,34+,35+,36+,37+,38+,40+/m1/s1. The highest BCUT2D eigenvalue weighted by Gasteiger charge is 2.38. The molecule has 1 aromatic heterocycles. The Morgan fingerprint density at radius 2 is 1.51 bits per heavy atom. The number of thiol groups is 1. The average Bonchev–Trinajstić information content (AvgIpc) is 4.01. The number of amides is 7. The minimum Gasteiger partial charge on any atom is -0.394 e. The number of ether oxygens (including phenoxy) is 2. The third-order valence-corrected chi connectivity index (χ3v) is 12.6. The summed E-state index contributed by atoms with van der Waals surface area (Å²) < 4.78 is 28.8. The fraction of sp³-hybridized carbons (Fsp3) is 0.652. The molecular weight excluding hydrogens is 980 g/mol. The van der Waals surface area contributed by atoms with E-state index in [9.17, 15) is 53.0 Å². The Kier molecular flexibility index (Phi) is 27.5. The molecule has 0 spiro atoms. The minimum absolute atomic E-state index is 0.0186. The van der Waals surface area contributed by atoms with E-state index in [4.69, 9.17) is 20.9 Å². The number of hydrogen-bond donors (Lipinski definition) is 11. The number of imidazole rings is 1. The molecule has 0 bridgehead atoms. The van der Waals surface area contributed by atoms with E-state index in [0.717, 1.165) is 39.0 Å². The number of nitrogens with two attached hydrogens (primary N) is 2. The van der Waals surface area contributed by atoms with E-state index in [1.807, 2.05) is 36.6 Å². The molecule has 0 radical (unpaired) electrons. The van der Waals surface area contributed by atoms with E-state index in [0.29, 0.717) is 31.6 Å². The smallest absolute Gasteiger partial charge is 0.394 e. The van der Waals surface area contributed by atoms with Crippen molar-refractivity contribution in [1.82, 2.24) is 41.0 Å². The van der Waals surface area contributed by atoms with Gasteiger partial charge in [-0.25, -0.2) is 9.55 Å². The lowest BCUT2D eigenvalue weighted by molar-refractivity contribution is -0.140. The molecule has 7 amide bonds. The number of benzene rings is 1. The lowest BCUT2D eigenvalue weighted by Gasteiger charge is -2.29. The monoisotopic (exact) mass is 1050 g/mol. The van der Waals surface area contributed by atoms with Crippen molar-refractivity contribution in [2.45, 2.75) is 134 Å². The second-order valence-electron chi connectivity index (χ2n) is 17.9. The van der Waals surface area contributed by atoms with Crippen LogP contribution in [0.1, 0.15) is 83.4 Å². The molecule has 3 rings (SSSR count). The fourth-order valence-electron chi connectivity index (χ4n) is 7.83. The van der Waals surface area contributed by atoms with E-state index in [1.54, 1.807) is 6.33 Å². The van der Waals surface area contributed by atoms with Crippen molar-refractivity contribution < 1.29 is 67.0 Å². The molecule has 1 aliphatic rings. The van der Waals surface area contributed by atoms with Crippen molar-refractivity contribution in [3.63, 3.8) is 0 Å². The van der Waals surface area contributed by atoms with E-state index < -0.39 is 86.3 Å². The van der Waals surface area contributed by atoms with Gasteiger partial charge in [0.15, 0.2) is 0 Å². The van der Waals surface area contributed by atoms with Gasteiger partial charge in [0.05, 0.1) is 57.9 Å². The maximum absolute atomic E-state index is 14.3. The van der Waals surface area contributed by atoms with Gasteiger partial charge in [-0.15, -0.1) is 0 Å². The first-order valence-corrected chi connectivity index (χ1v) is 26.4. The number of aryl methyl sites for hydroxylation is 2. The van der Waals surface area contributed by atoms with Crippen LogP contribution in [-0.4, -0.2) is 165 Å². The summed E-state index contributed by atoms with van der Waals surface area (Å²) in [5, 5.41) is 22.9. The second kappa shape index (κ2) is 32.3. The number of carbonyl (C=O) groups excluding carboxylic acids is 7. The number of primary amides is 1. The van der Waals surface area contributed by atoms with Crippen LogP contribution in [0.5, 0.6) is 0 Å². The van der Waals surface area contributed by atoms with Gasteiger partial charge in [-0.2, -0.15) is 12.6 Å². The van der Waals surface area contributed by atoms with E-state index >= 15 is 0 Å². The highest BCUT2D eigenvalue weighted by atomic mass is 32.1. The summed E-state index contributed by atoms with van der Waals surface area (Å²) in [6.07, 6.45) is 6.94. The first-order valence-electron chi connectivity index (χ1n) is 24.2. The van der Waals surface area contributed by atoms with Crippen LogP contribution in [0.15, 0.2) is 42.9 Å². The van der Waals surface area contributed by atoms with Crippen molar-refractivity contribution in [2.24, 2.45) is 17.4 Å². The van der Waals surface area contributed by atoms with Gasteiger partial charge in [0.1, 0.15) is 30.2 Å². The Morgan fingerprint density at radius 1 is 0.861 bits per heavy atom. The van der Waals surface area contributed by atoms with Gasteiger partial charge in [-0.3, -0.25) is 38.1 Å². The van der Waals surface area contributed by atoms with Gasteiger partial charge in [-0.05, 0) is 56.9 Å². The first kappa shape index (κ1) is 61.3. The third kappa shape index (κ3) is 22.4. The number of aliphatic hydroxyl groups is 1. The molecule has 24 nitrogen and oxygen atoms in total. The van der Waals surface area contributed by atoms with Crippen LogP contribution in [0, 0.1) is 5.92 Å². The van der Waals surface area contributed by atoms with Crippen molar-refractivity contribution in [3.8, 4) is 0 Å². The van der Waals surface area contributed by atoms with Crippen LogP contribution in [0.2, 0.25) is 0 Å². The van der Waals surface area contributed by atoms with Gasteiger partial charge in [0, 0.05) is 43.7 Å². The molecule has 1 fully saturated rings. The molecule has 0 saturated carbocycles. The number of carbonyl (C=O) groups is 7. The zero-order valence-electron chi connectivity index (χ0n) is 41.3. The van der Waals surface area contributed by atoms with Crippen LogP contribution in [0.25, 0.3) is 0 Å². The number of phosphoric acid groups is 1. The summed E-state index contributed by atoms with van der Waals surface area (Å²) in [6.45, 7) is 5.52. The molecule has 0 aliphatic carbocycles. The quantitative estimate of drug-likeness (QED) is 0.0224. The van der Waals surface area contributed by atoms with Crippen molar-refractivity contribution in [2.75, 3.05) is 51.9 Å². The third-order valence-electron chi connectivity index (χ3n) is 11.6. The summed E-state index contributed by atoms with van der Waals surface area (Å²) in [7, 11) is -5.14. The number of aliphatic hydroxyl groups excluding tert-OH is 1. The molecule has 0 unspecified atom stereocenters. The largest absolute Gasteiger partial charge is 0.469 e. The summed E-state index contributed by atoms with van der Waals surface area (Å²) in [4.78, 5) is 117. The van der Waals surface area contributed by atoms with Crippen LogP contribution in [0.4, 0.5) is 0 Å². The Hall–Kier alpha value is -4.98. The predicted molar refractivity (Wildman–Crippen MR) is 266 cm³/mol. The molecule has 1 saturated heterocycles. The van der Waals surface area contributed by atoms with E-state index in [1.165, 1.54) is 16.7 Å². The van der Waals surface area contributed by atoms with Gasteiger partial charge < -0.3 is 71.9 Å². The van der Waals surface area contributed by atoms with Crippen molar-refractivity contribution >= 4 is 61.8 Å². The van der Waals surface area contributed by atoms with E-state index in [-0.39, 0.29) is 75.7 Å². The molecule has 2 aromatic rings. The summed E-state index contributed by atoms with van der Waals surface area (Å²) in [6, 6.07) is 2.39. The Balaban J connectivity index is 1.71. The van der Waals surface area contributed by atoms with Gasteiger partial charge in [0.25, 0.3) is 0 Å². The predicted octanol–water partition coefficient (Wildman–Crippen LogP) is -1.02. The molecule has 7 atom stereocenters. The highest BCUT2D eigenvalue weighted by molar-refractivity contribution is 7.80. The van der Waals surface area contributed by atoms with Crippen molar-refractivity contribution in [3.05, 3.63) is 54.1 Å². The molecule has 1 aliphatic heterocycles. The van der Waals surface area contributed by atoms with Crippen LogP contribution < -0.4 is 38.1 Å². The summed E-state index contributed by atoms with van der Waals surface area (Å²) in [5.74, 6) is -5.25. The van der Waals surface area contributed by atoms with Crippen LogP contribution in [-0.2, 0) is 71.5 Å². The van der Waals surface area contributed by atoms with Crippen molar-refractivity contribution in [1.29, 1.82) is 0 Å². The topological polar surface area (TPSA) is 358 Å². The Labute approximate surface area is 425 Å². The van der Waals surface area contributed by atoms with Gasteiger partial charge in [0.2, 0.25) is 41.4 Å². The SMILES string of the molecule is CC(C)C[C@H](NC(=O)[C@@H]1CCCN1C(=O)CCOCCOCCNC(=O)[C@@H](N)CS)C(=O)N[C@@H](Cc1cncn1CCCCCCc1ccccc1)C(=O)N[C@@H](CO)C(=O)N[C@H](C(N)=O)[C@@H](C)OP(=O)(O)O. The number of unbranched alkanes of at least 4 members (excludes halogenated alkanes) is 3. The van der Waals surface area contributed by atoms with Gasteiger partial charge in [-0.1, -0.05) is 57.0 Å². The molecule has 2 heterocycles. The first-order chi connectivity index (χ1) is 34.2. The second-order valence-corrected chi connectivity index (χ2v) is 19.5. The molecule has 72 heavy (non-hydrogen) atoms. The van der Waals surface area contributed by atoms with Crippen LogP contribution in [0.3, 0.4) is 0 Å². The number of aromatic nitrogens is 2. The van der Waals surface area contributed by atoms with Crippen LogP contribution >= 0.6 is 20.5 Å². The molecular formula is C46H75N10O14PS. The summed E-state index contributed by atoms with van der Waals surface area (Å²) in [5.41, 5.74) is 12.8. The molecule has 12 N–H and O–H groups in total. The molecule has 404 valence electrons. The molecule has 26 heteroatoms. The summed E-state index contributed by atoms with van der Waals surface area (Å²) >= 11 is 3.99. The maximum Gasteiger partial charge on any atom is 0.469 e. The average molecular weight is 1060 g/mol. The lowest BCUT2D eigenvalue weighted by Crippen LogP contribution is -2.61. The Bertz CT molecular complexity index is 2080. The minimum atomic E-state index is -5.14. The zero-order chi connectivity index (χ0) is 53.2. The maximum atomic E-state index is 14.3. The van der Waals surface area contributed by atoms with Gasteiger partial charge >= 0.3 is 7.82 Å². The van der Waals surface area contributed by atoms with E-state index in [2.05, 4.69) is 60.9 Å². The lowest BCUT2D eigenvalue weighted by atomic mass is 10.0. The highest BCUT2D eigenvalue weighted by Crippen LogP contribution is 2.38. The zero-order valence-corrected chi connectivity index (χ0v) is 43.1. The number of nitrogens with one attached hydrogen (secondary N) is 5. The number of nitrogens with zero attached hydrogens (tertiary/aromatic N) is 3. The fourth-order valence-corrected chi connectivity index (χ4v) is 8.55. The normalized spacial score (nSPS) is 16.2. The number of rotatable bonds is 35. The number of phosphoric ester groups is 1. The molecule has 1 aromatic carbocycles. The number of likely N-dealkylation sites (tertiary alicyclic amines) is 1. The number of hydrogen-bond acceptors (Lipinski definition) is 15.